The number of rotatable bonds is 10. The van der Waals surface area contributed by atoms with E-state index in [1.54, 1.807) is 18.4 Å². The Bertz CT molecular complexity index is 629. The highest BCUT2D eigenvalue weighted by Crippen LogP contribution is 2.17. The summed E-state index contributed by atoms with van der Waals surface area (Å²) >= 11 is 1.77. The van der Waals surface area contributed by atoms with E-state index < -0.39 is 0 Å². The molecule has 0 bridgehead atoms. The Morgan fingerprint density at radius 3 is 2.88 bits per heavy atom. The third kappa shape index (κ3) is 7.58. The average molecular weight is 362 g/mol. The van der Waals surface area contributed by atoms with E-state index in [1.807, 2.05) is 24.3 Å². The van der Waals surface area contributed by atoms with E-state index in [4.69, 9.17) is 9.47 Å². The van der Waals surface area contributed by atoms with E-state index >= 15 is 0 Å². The maximum absolute atomic E-state index is 5.74. The highest BCUT2D eigenvalue weighted by Gasteiger charge is 2.02. The number of thiophene rings is 1. The zero-order valence-electron chi connectivity index (χ0n) is 15.0. The zero-order chi connectivity index (χ0) is 17.7. The molecule has 0 radical (unpaired) electrons. The van der Waals surface area contributed by atoms with Crippen LogP contribution in [0.2, 0.25) is 0 Å². The molecule has 0 aliphatic rings. The Kier molecular flexibility index (Phi) is 8.86. The number of benzene rings is 1. The molecule has 0 fully saturated rings. The lowest BCUT2D eigenvalue weighted by Crippen LogP contribution is -2.30. The van der Waals surface area contributed by atoms with Crippen LogP contribution in [-0.2, 0) is 11.2 Å². The minimum atomic E-state index is 0.645. The molecular weight excluding hydrogens is 334 g/mol. The molecule has 0 spiro atoms. The van der Waals surface area contributed by atoms with E-state index in [9.17, 15) is 0 Å². The first kappa shape index (κ1) is 19.3. The molecule has 0 amide bonds. The number of hydrogen-bond acceptors (Lipinski definition) is 4. The fourth-order valence-corrected chi connectivity index (χ4v) is 2.93. The second-order valence-electron chi connectivity index (χ2n) is 5.44. The van der Waals surface area contributed by atoms with Crippen molar-refractivity contribution in [3.05, 3.63) is 46.7 Å². The van der Waals surface area contributed by atoms with Gasteiger partial charge in [-0.2, -0.15) is 0 Å². The molecule has 25 heavy (non-hydrogen) atoms. The number of ether oxygens (including phenoxy) is 2. The van der Waals surface area contributed by atoms with Gasteiger partial charge in [-0.15, -0.1) is 11.3 Å². The van der Waals surface area contributed by atoms with Crippen LogP contribution in [0.3, 0.4) is 0 Å². The first-order valence-corrected chi connectivity index (χ1v) is 9.49. The van der Waals surface area contributed by atoms with Gasteiger partial charge in [-0.3, -0.25) is 4.99 Å². The Balaban J connectivity index is 1.89. The molecule has 1 heterocycles. The number of nitrogens with zero attached hydrogens (tertiary/aromatic N) is 1. The van der Waals surface area contributed by atoms with Gasteiger partial charge in [0.2, 0.25) is 0 Å². The largest absolute Gasteiger partial charge is 0.493 e. The molecule has 1 aromatic heterocycles. The fourth-order valence-electron chi connectivity index (χ4n) is 2.23. The molecule has 136 valence electrons. The van der Waals surface area contributed by atoms with Crippen molar-refractivity contribution in [2.45, 2.75) is 19.8 Å². The number of nitrogens with one attached hydrogen (secondary N) is 2. The van der Waals surface area contributed by atoms with Crippen molar-refractivity contribution in [1.82, 2.24) is 5.32 Å². The maximum atomic E-state index is 5.74. The summed E-state index contributed by atoms with van der Waals surface area (Å²) in [6.45, 7) is 4.98. The van der Waals surface area contributed by atoms with Crippen molar-refractivity contribution < 1.29 is 9.47 Å². The maximum Gasteiger partial charge on any atom is 0.195 e. The Morgan fingerprint density at radius 1 is 1.20 bits per heavy atom. The summed E-state index contributed by atoms with van der Waals surface area (Å²) in [5.41, 5.74) is 0.958. The monoisotopic (exact) mass is 361 g/mol. The first-order valence-electron chi connectivity index (χ1n) is 8.61. The normalized spacial score (nSPS) is 11.4. The standard InChI is InChI=1S/C19H27N3O2S/c1-3-20-19(21-11-10-18-9-5-14-25-18)22-16-7-4-8-17(15-16)24-13-6-12-23-2/h4-5,7-9,14-15H,3,6,10-13H2,1-2H3,(H2,20,21,22). The average Bonchev–Trinajstić information content (AvgIpc) is 3.13. The molecule has 2 aromatic rings. The quantitative estimate of drug-likeness (QED) is 0.384. The van der Waals surface area contributed by atoms with Crippen LogP contribution in [0.5, 0.6) is 5.75 Å². The van der Waals surface area contributed by atoms with Crippen molar-refractivity contribution >= 4 is 23.0 Å². The van der Waals surface area contributed by atoms with E-state index in [0.717, 1.165) is 43.3 Å². The van der Waals surface area contributed by atoms with E-state index in [0.29, 0.717) is 13.2 Å². The Morgan fingerprint density at radius 2 is 2.12 bits per heavy atom. The number of hydrogen-bond donors (Lipinski definition) is 2. The first-order chi connectivity index (χ1) is 12.3. The lowest BCUT2D eigenvalue weighted by atomic mass is 10.3. The van der Waals surface area contributed by atoms with Gasteiger partial charge in [-0.1, -0.05) is 12.1 Å². The predicted octanol–water partition coefficient (Wildman–Crippen LogP) is 3.78. The molecular formula is C19H27N3O2S. The Labute approximate surface area is 154 Å². The molecule has 0 saturated heterocycles. The summed E-state index contributed by atoms with van der Waals surface area (Å²) in [5, 5.41) is 8.71. The molecule has 0 aliphatic carbocycles. The molecule has 0 unspecified atom stereocenters. The fraction of sp³-hybridized carbons (Fsp3) is 0.421. The number of guanidine groups is 1. The lowest BCUT2D eigenvalue weighted by Gasteiger charge is -2.13. The van der Waals surface area contributed by atoms with Gasteiger partial charge in [0.05, 0.1) is 6.61 Å². The summed E-state index contributed by atoms with van der Waals surface area (Å²) in [7, 11) is 1.70. The van der Waals surface area contributed by atoms with E-state index in [1.165, 1.54) is 4.88 Å². The lowest BCUT2D eigenvalue weighted by molar-refractivity contribution is 0.172. The molecule has 0 saturated carbocycles. The van der Waals surface area contributed by atoms with Crippen LogP contribution in [0.15, 0.2) is 46.8 Å². The van der Waals surface area contributed by atoms with Gasteiger partial charge in [0.1, 0.15) is 5.75 Å². The summed E-state index contributed by atoms with van der Waals surface area (Å²) in [6.07, 6.45) is 1.83. The van der Waals surface area contributed by atoms with Crippen LogP contribution < -0.4 is 15.4 Å². The van der Waals surface area contributed by atoms with Gasteiger partial charge < -0.3 is 20.1 Å². The summed E-state index contributed by atoms with van der Waals surface area (Å²) in [4.78, 5) is 6.00. The summed E-state index contributed by atoms with van der Waals surface area (Å²) in [6, 6.07) is 12.1. The number of aliphatic imine (C=N–C) groups is 1. The van der Waals surface area contributed by atoms with Crippen LogP contribution in [-0.4, -0.2) is 39.4 Å². The summed E-state index contributed by atoms with van der Waals surface area (Å²) in [5.74, 6) is 1.63. The van der Waals surface area contributed by atoms with Gasteiger partial charge in [0, 0.05) is 56.3 Å². The molecule has 2 N–H and O–H groups in total. The van der Waals surface area contributed by atoms with Gasteiger partial charge in [0.15, 0.2) is 5.96 Å². The predicted molar refractivity (Wildman–Crippen MR) is 106 cm³/mol. The molecule has 5 nitrogen and oxygen atoms in total. The van der Waals surface area contributed by atoms with Crippen molar-refractivity contribution in [3.63, 3.8) is 0 Å². The number of anilines is 1. The molecule has 6 heteroatoms. The van der Waals surface area contributed by atoms with E-state index in [-0.39, 0.29) is 0 Å². The Hall–Kier alpha value is -2.05. The third-order valence-electron chi connectivity index (χ3n) is 3.41. The van der Waals surface area contributed by atoms with Crippen LogP contribution in [0, 0.1) is 0 Å². The van der Waals surface area contributed by atoms with Gasteiger partial charge in [-0.25, -0.2) is 0 Å². The minimum Gasteiger partial charge on any atom is -0.493 e. The van der Waals surface area contributed by atoms with Crippen LogP contribution in [0.4, 0.5) is 5.69 Å². The van der Waals surface area contributed by atoms with Crippen LogP contribution >= 0.6 is 11.3 Å². The zero-order valence-corrected chi connectivity index (χ0v) is 15.8. The minimum absolute atomic E-state index is 0.645. The highest BCUT2D eigenvalue weighted by molar-refractivity contribution is 7.09. The SMILES string of the molecule is CCNC(=NCCc1cccs1)Nc1cccc(OCCCOC)c1. The second kappa shape index (κ2) is 11.5. The summed E-state index contributed by atoms with van der Waals surface area (Å²) < 4.78 is 10.8. The topological polar surface area (TPSA) is 54.9 Å². The number of methoxy groups -OCH3 is 1. The van der Waals surface area contributed by atoms with Crippen molar-refractivity contribution in [2.75, 3.05) is 38.7 Å². The highest BCUT2D eigenvalue weighted by atomic mass is 32.1. The van der Waals surface area contributed by atoms with Crippen molar-refractivity contribution in [3.8, 4) is 5.75 Å². The van der Waals surface area contributed by atoms with E-state index in [2.05, 4.69) is 40.1 Å². The third-order valence-corrected chi connectivity index (χ3v) is 4.35. The van der Waals surface area contributed by atoms with Gasteiger partial charge >= 0.3 is 0 Å². The van der Waals surface area contributed by atoms with Crippen LogP contribution in [0.1, 0.15) is 18.2 Å². The van der Waals surface area contributed by atoms with Gasteiger partial charge in [0.25, 0.3) is 0 Å². The van der Waals surface area contributed by atoms with Crippen molar-refractivity contribution in [2.24, 2.45) is 4.99 Å². The second-order valence-corrected chi connectivity index (χ2v) is 6.47. The molecule has 0 aliphatic heterocycles. The molecule has 0 atom stereocenters. The smallest absolute Gasteiger partial charge is 0.195 e. The van der Waals surface area contributed by atoms with Crippen LogP contribution in [0.25, 0.3) is 0 Å². The van der Waals surface area contributed by atoms with Gasteiger partial charge in [-0.05, 0) is 30.5 Å². The molecule has 1 aromatic carbocycles. The molecule has 2 rings (SSSR count). The van der Waals surface area contributed by atoms with Crippen molar-refractivity contribution in [1.29, 1.82) is 0 Å².